The van der Waals surface area contributed by atoms with E-state index in [1.807, 2.05) is 6.08 Å². The van der Waals surface area contributed by atoms with Crippen molar-refractivity contribution in [3.8, 4) is 0 Å². The molecule has 9 heteroatoms. The smallest absolute Gasteiger partial charge is 0.220 e. The second-order valence-corrected chi connectivity index (χ2v) is 17.6. The molecule has 0 aromatic carbocycles. The van der Waals surface area contributed by atoms with Crippen LogP contribution in [0.1, 0.15) is 226 Å². The van der Waals surface area contributed by atoms with E-state index in [-0.39, 0.29) is 12.5 Å². The molecule has 0 aromatic rings. The van der Waals surface area contributed by atoms with Crippen LogP contribution >= 0.6 is 0 Å². The summed E-state index contributed by atoms with van der Waals surface area (Å²) in [5.74, 6) is -0.188. The number of nitrogens with one attached hydrogen (secondary N) is 1. The maximum absolute atomic E-state index is 13.0. The first-order valence-corrected chi connectivity index (χ1v) is 25.2. The van der Waals surface area contributed by atoms with Crippen LogP contribution in [0, 0.1) is 0 Å². The third-order valence-electron chi connectivity index (χ3n) is 11.9. The molecule has 9 nitrogen and oxygen atoms in total. The molecule has 6 N–H and O–H groups in total. The second kappa shape index (κ2) is 41.4. The van der Waals surface area contributed by atoms with E-state index in [1.54, 1.807) is 6.08 Å². The normalized spacial score (nSPS) is 20.8. The Morgan fingerprint density at radius 2 is 0.950 bits per heavy atom. The Morgan fingerprint density at radius 1 is 0.550 bits per heavy atom. The number of allylic oxidation sites excluding steroid dienone is 5. The third kappa shape index (κ3) is 31.3. The molecule has 0 spiro atoms. The van der Waals surface area contributed by atoms with Gasteiger partial charge in [0.2, 0.25) is 5.91 Å². The molecule has 0 radical (unpaired) electrons. The van der Waals surface area contributed by atoms with Gasteiger partial charge in [0.1, 0.15) is 24.4 Å². The van der Waals surface area contributed by atoms with Crippen molar-refractivity contribution < 1.29 is 39.8 Å². The molecule has 1 fully saturated rings. The lowest BCUT2D eigenvalue weighted by Crippen LogP contribution is -2.60. The lowest BCUT2D eigenvalue weighted by molar-refractivity contribution is -0.302. The second-order valence-electron chi connectivity index (χ2n) is 17.6. The zero-order valence-electron chi connectivity index (χ0n) is 38.7. The lowest BCUT2D eigenvalue weighted by Gasteiger charge is -2.40. The van der Waals surface area contributed by atoms with E-state index >= 15 is 0 Å². The lowest BCUT2D eigenvalue weighted by atomic mass is 9.99. The van der Waals surface area contributed by atoms with Gasteiger partial charge in [0.15, 0.2) is 6.29 Å². The summed E-state index contributed by atoms with van der Waals surface area (Å²) < 4.78 is 11.2. The van der Waals surface area contributed by atoms with Crippen LogP contribution in [0.4, 0.5) is 0 Å². The van der Waals surface area contributed by atoms with Crippen LogP contribution in [0.15, 0.2) is 36.5 Å². The fourth-order valence-electron chi connectivity index (χ4n) is 7.89. The molecule has 1 rings (SSSR count). The quantitative estimate of drug-likeness (QED) is 0.0263. The van der Waals surface area contributed by atoms with Gasteiger partial charge in [-0.25, -0.2) is 0 Å². The first kappa shape index (κ1) is 56.4. The zero-order chi connectivity index (χ0) is 43.7. The summed E-state index contributed by atoms with van der Waals surface area (Å²) in [4.78, 5) is 13.0. The minimum absolute atomic E-state index is 0.188. The van der Waals surface area contributed by atoms with Gasteiger partial charge in [0, 0.05) is 6.42 Å². The predicted octanol–water partition coefficient (Wildman–Crippen LogP) is 11.2. The van der Waals surface area contributed by atoms with Crippen molar-refractivity contribution in [1.82, 2.24) is 5.32 Å². The third-order valence-corrected chi connectivity index (χ3v) is 11.9. The highest BCUT2D eigenvalue weighted by molar-refractivity contribution is 5.76. The number of hydrogen-bond acceptors (Lipinski definition) is 8. The number of aliphatic hydroxyl groups excluding tert-OH is 5. The molecule has 7 atom stereocenters. The Balaban J connectivity index is 2.30. The summed E-state index contributed by atoms with van der Waals surface area (Å²) in [5, 5.41) is 54.2. The molecule has 1 saturated heterocycles. The minimum Gasteiger partial charge on any atom is -0.394 e. The molecule has 1 heterocycles. The maximum atomic E-state index is 13.0. The SMILES string of the molecule is CCCCCCC/C=C/CC/C=C/CC/C=C/C(O)C(COC1OC(CO)C(O)C(O)C1O)NC(=O)CCCCCCCCCCCCCCCCCCCCCCCC. The van der Waals surface area contributed by atoms with E-state index in [0.29, 0.717) is 6.42 Å². The number of hydrogen-bond donors (Lipinski definition) is 6. The van der Waals surface area contributed by atoms with E-state index < -0.39 is 49.5 Å². The van der Waals surface area contributed by atoms with Gasteiger partial charge in [-0.05, 0) is 44.9 Å². The van der Waals surface area contributed by atoms with E-state index in [0.717, 1.165) is 51.4 Å². The van der Waals surface area contributed by atoms with Gasteiger partial charge in [-0.3, -0.25) is 4.79 Å². The number of rotatable bonds is 42. The van der Waals surface area contributed by atoms with E-state index in [4.69, 9.17) is 9.47 Å². The molecule has 1 aliphatic heterocycles. The molecule has 0 aliphatic carbocycles. The van der Waals surface area contributed by atoms with Crippen molar-refractivity contribution in [3.63, 3.8) is 0 Å². The molecule has 0 aromatic heterocycles. The van der Waals surface area contributed by atoms with Gasteiger partial charge < -0.3 is 40.3 Å². The highest BCUT2D eigenvalue weighted by Crippen LogP contribution is 2.23. The summed E-state index contributed by atoms with van der Waals surface area (Å²) in [6.07, 6.45) is 44.8. The fourth-order valence-corrected chi connectivity index (χ4v) is 7.89. The van der Waals surface area contributed by atoms with Gasteiger partial charge in [-0.1, -0.05) is 211 Å². The van der Waals surface area contributed by atoms with Crippen LogP contribution < -0.4 is 5.32 Å². The Bertz CT molecular complexity index is 1030. The number of carbonyl (C=O) groups is 1. The van der Waals surface area contributed by atoms with E-state index in [9.17, 15) is 30.3 Å². The van der Waals surface area contributed by atoms with Crippen molar-refractivity contribution in [3.05, 3.63) is 36.5 Å². The average molecular weight is 850 g/mol. The molecular weight excluding hydrogens is 755 g/mol. The molecule has 0 saturated carbocycles. The molecule has 0 bridgehead atoms. The Kier molecular flexibility index (Phi) is 39.0. The Hall–Kier alpha value is -1.59. The van der Waals surface area contributed by atoms with Crippen molar-refractivity contribution >= 4 is 5.91 Å². The van der Waals surface area contributed by atoms with Crippen LogP contribution in [0.25, 0.3) is 0 Å². The van der Waals surface area contributed by atoms with Crippen LogP contribution in [0.5, 0.6) is 0 Å². The van der Waals surface area contributed by atoms with Crippen LogP contribution in [0.2, 0.25) is 0 Å². The first-order chi connectivity index (χ1) is 29.3. The zero-order valence-corrected chi connectivity index (χ0v) is 38.7. The summed E-state index contributed by atoms with van der Waals surface area (Å²) in [6.45, 7) is 3.75. The van der Waals surface area contributed by atoms with Gasteiger partial charge in [0.05, 0.1) is 25.4 Å². The summed E-state index contributed by atoms with van der Waals surface area (Å²) in [5.41, 5.74) is 0. The number of unbranched alkanes of at least 4 members (excludes halogenated alkanes) is 28. The highest BCUT2D eigenvalue weighted by atomic mass is 16.7. The van der Waals surface area contributed by atoms with E-state index in [1.165, 1.54) is 154 Å². The van der Waals surface area contributed by atoms with Gasteiger partial charge in [-0.15, -0.1) is 0 Å². The Morgan fingerprint density at radius 3 is 1.40 bits per heavy atom. The monoisotopic (exact) mass is 850 g/mol. The number of carbonyl (C=O) groups excluding carboxylic acids is 1. The number of aliphatic hydroxyl groups is 5. The molecule has 1 amide bonds. The van der Waals surface area contributed by atoms with Gasteiger partial charge in [-0.2, -0.15) is 0 Å². The molecular formula is C51H95NO8. The van der Waals surface area contributed by atoms with Crippen molar-refractivity contribution in [2.75, 3.05) is 13.2 Å². The molecule has 60 heavy (non-hydrogen) atoms. The number of amides is 1. The molecule has 7 unspecified atom stereocenters. The molecule has 1 aliphatic rings. The fraction of sp³-hybridized carbons (Fsp3) is 0.863. The summed E-state index contributed by atoms with van der Waals surface area (Å²) >= 11 is 0. The van der Waals surface area contributed by atoms with Gasteiger partial charge in [0.25, 0.3) is 0 Å². The molecule has 352 valence electrons. The largest absolute Gasteiger partial charge is 0.394 e. The minimum atomic E-state index is -1.57. The predicted molar refractivity (Wildman–Crippen MR) is 249 cm³/mol. The van der Waals surface area contributed by atoms with Crippen LogP contribution in [-0.2, 0) is 14.3 Å². The first-order valence-electron chi connectivity index (χ1n) is 25.2. The average Bonchev–Trinajstić information content (AvgIpc) is 3.25. The van der Waals surface area contributed by atoms with Crippen LogP contribution in [-0.4, -0.2) is 87.5 Å². The van der Waals surface area contributed by atoms with Crippen molar-refractivity contribution in [2.24, 2.45) is 0 Å². The topological polar surface area (TPSA) is 149 Å². The number of ether oxygens (including phenoxy) is 2. The van der Waals surface area contributed by atoms with Crippen molar-refractivity contribution in [2.45, 2.75) is 269 Å². The van der Waals surface area contributed by atoms with Gasteiger partial charge >= 0.3 is 0 Å². The highest BCUT2D eigenvalue weighted by Gasteiger charge is 2.44. The summed E-state index contributed by atoms with van der Waals surface area (Å²) in [6, 6.07) is -0.824. The standard InChI is InChI=1S/C51H95NO8/c1-3-5-7-9-11-13-15-17-19-20-21-22-23-24-25-27-29-31-33-35-37-39-41-47(55)52-44(43-59-51-50(58)49(57)48(56)46(42-53)60-51)45(54)40-38-36-34-32-30-28-26-18-16-14-12-10-8-6-4-2/h16,18,30,32,38,40,44-46,48-51,53-54,56-58H,3-15,17,19-29,31,33-37,39,41-43H2,1-2H3,(H,52,55)/b18-16+,32-30+,40-38+. The Labute approximate surface area is 368 Å². The van der Waals surface area contributed by atoms with E-state index in [2.05, 4.69) is 43.5 Å². The maximum Gasteiger partial charge on any atom is 0.220 e. The van der Waals surface area contributed by atoms with Crippen molar-refractivity contribution in [1.29, 1.82) is 0 Å². The van der Waals surface area contributed by atoms with Crippen LogP contribution in [0.3, 0.4) is 0 Å². The summed E-state index contributed by atoms with van der Waals surface area (Å²) in [7, 11) is 0.